The average molecular weight is 250 g/mol. The van der Waals surface area contributed by atoms with Crippen LogP contribution in [0.2, 0.25) is 0 Å². The van der Waals surface area contributed by atoms with Gasteiger partial charge in [-0.15, -0.1) is 0 Å². The van der Waals surface area contributed by atoms with Gasteiger partial charge in [0.15, 0.2) is 0 Å². The van der Waals surface area contributed by atoms with E-state index in [1.165, 1.54) is 64.7 Å². The summed E-state index contributed by atoms with van der Waals surface area (Å²) in [5, 5.41) is 0. The highest BCUT2D eigenvalue weighted by atomic mass is 15.2. The molecular weight excluding hydrogens is 220 g/mol. The van der Waals surface area contributed by atoms with E-state index in [9.17, 15) is 0 Å². The van der Waals surface area contributed by atoms with Crippen LogP contribution in [0.25, 0.3) is 0 Å². The van der Waals surface area contributed by atoms with Crippen LogP contribution >= 0.6 is 0 Å². The summed E-state index contributed by atoms with van der Waals surface area (Å²) in [5.74, 6) is 0. The molecule has 0 bridgehead atoms. The van der Waals surface area contributed by atoms with Crippen molar-refractivity contribution >= 4 is 0 Å². The van der Waals surface area contributed by atoms with Crippen molar-refractivity contribution in [2.24, 2.45) is 5.41 Å². The lowest BCUT2D eigenvalue weighted by atomic mass is 9.70. The molecule has 0 aromatic carbocycles. The SMILES string of the molecule is CC(C)(C)N1CCC2(CCN(C3CC3)CC2)CC1. The largest absolute Gasteiger partial charge is 0.300 e. The minimum Gasteiger partial charge on any atom is -0.300 e. The molecule has 1 aliphatic carbocycles. The first kappa shape index (κ1) is 12.9. The zero-order valence-electron chi connectivity index (χ0n) is 12.5. The zero-order chi connectivity index (χ0) is 12.8. The molecule has 0 atom stereocenters. The van der Waals surface area contributed by atoms with Gasteiger partial charge in [0.25, 0.3) is 0 Å². The second kappa shape index (κ2) is 4.49. The third-order valence-corrected chi connectivity index (χ3v) is 5.69. The van der Waals surface area contributed by atoms with E-state index in [1.807, 2.05) is 0 Å². The Morgan fingerprint density at radius 3 is 1.78 bits per heavy atom. The van der Waals surface area contributed by atoms with E-state index in [-0.39, 0.29) is 0 Å². The molecule has 0 unspecified atom stereocenters. The van der Waals surface area contributed by atoms with Crippen molar-refractivity contribution < 1.29 is 0 Å². The molecule has 0 aromatic rings. The van der Waals surface area contributed by atoms with Crippen LogP contribution in [-0.2, 0) is 0 Å². The van der Waals surface area contributed by atoms with Crippen LogP contribution in [0.1, 0.15) is 59.3 Å². The molecule has 2 heteroatoms. The van der Waals surface area contributed by atoms with E-state index in [2.05, 4.69) is 30.6 Å². The van der Waals surface area contributed by atoms with Gasteiger partial charge < -0.3 is 4.90 Å². The first-order chi connectivity index (χ1) is 8.49. The van der Waals surface area contributed by atoms with Crippen LogP contribution in [0.3, 0.4) is 0 Å². The highest BCUT2D eigenvalue weighted by Gasteiger charge is 2.41. The van der Waals surface area contributed by atoms with Crippen molar-refractivity contribution in [1.82, 2.24) is 9.80 Å². The monoisotopic (exact) mass is 250 g/mol. The Morgan fingerprint density at radius 1 is 0.833 bits per heavy atom. The summed E-state index contributed by atoms with van der Waals surface area (Å²) in [5.41, 5.74) is 1.09. The van der Waals surface area contributed by atoms with Crippen molar-refractivity contribution in [2.45, 2.75) is 70.9 Å². The first-order valence-corrected chi connectivity index (χ1v) is 7.98. The number of hydrogen-bond donors (Lipinski definition) is 0. The molecule has 1 saturated carbocycles. The molecule has 2 heterocycles. The van der Waals surface area contributed by atoms with Gasteiger partial charge in [-0.25, -0.2) is 0 Å². The quantitative estimate of drug-likeness (QED) is 0.705. The molecule has 18 heavy (non-hydrogen) atoms. The van der Waals surface area contributed by atoms with Crippen molar-refractivity contribution in [3.63, 3.8) is 0 Å². The summed E-state index contributed by atoms with van der Waals surface area (Å²) >= 11 is 0. The van der Waals surface area contributed by atoms with Crippen molar-refractivity contribution in [3.05, 3.63) is 0 Å². The van der Waals surface area contributed by atoms with Gasteiger partial charge in [-0.2, -0.15) is 0 Å². The molecule has 1 spiro atoms. The number of piperidine rings is 2. The molecule has 0 aromatic heterocycles. The summed E-state index contributed by atoms with van der Waals surface area (Å²) < 4.78 is 0. The van der Waals surface area contributed by atoms with Crippen molar-refractivity contribution in [1.29, 1.82) is 0 Å². The Morgan fingerprint density at radius 2 is 1.33 bits per heavy atom. The third kappa shape index (κ3) is 2.60. The van der Waals surface area contributed by atoms with E-state index >= 15 is 0 Å². The Kier molecular flexibility index (Phi) is 3.22. The second-order valence-corrected chi connectivity index (χ2v) is 7.93. The summed E-state index contributed by atoms with van der Waals surface area (Å²) in [6, 6.07) is 0.983. The Hall–Kier alpha value is -0.0800. The van der Waals surface area contributed by atoms with E-state index in [0.717, 1.165) is 6.04 Å². The molecule has 3 fully saturated rings. The molecule has 3 aliphatic rings. The fourth-order valence-electron chi connectivity index (χ4n) is 3.96. The number of nitrogens with zero attached hydrogens (tertiary/aromatic N) is 2. The third-order valence-electron chi connectivity index (χ3n) is 5.69. The Bertz CT molecular complexity index is 283. The fraction of sp³-hybridized carbons (Fsp3) is 1.00. The summed E-state index contributed by atoms with van der Waals surface area (Å²) in [4.78, 5) is 5.45. The summed E-state index contributed by atoms with van der Waals surface area (Å²) in [7, 11) is 0. The molecule has 0 radical (unpaired) electrons. The molecule has 0 N–H and O–H groups in total. The highest BCUT2D eigenvalue weighted by molar-refractivity contribution is 4.96. The molecule has 0 amide bonds. The zero-order valence-corrected chi connectivity index (χ0v) is 12.5. The topological polar surface area (TPSA) is 6.48 Å². The van der Waals surface area contributed by atoms with Crippen LogP contribution in [0.5, 0.6) is 0 Å². The number of rotatable bonds is 1. The molecule has 2 nitrogen and oxygen atoms in total. The van der Waals surface area contributed by atoms with E-state index in [4.69, 9.17) is 0 Å². The molecule has 2 aliphatic heterocycles. The summed E-state index contributed by atoms with van der Waals surface area (Å²) in [6.45, 7) is 12.5. The maximum absolute atomic E-state index is 2.77. The summed E-state index contributed by atoms with van der Waals surface area (Å²) in [6.07, 6.45) is 8.80. The first-order valence-electron chi connectivity index (χ1n) is 7.98. The lowest BCUT2D eigenvalue weighted by molar-refractivity contribution is 0.00194. The maximum Gasteiger partial charge on any atom is 0.0125 e. The molecule has 2 saturated heterocycles. The van der Waals surface area contributed by atoms with Crippen LogP contribution in [0, 0.1) is 5.41 Å². The van der Waals surface area contributed by atoms with E-state index < -0.39 is 0 Å². The van der Waals surface area contributed by atoms with Gasteiger partial charge >= 0.3 is 0 Å². The normalized spacial score (nSPS) is 30.8. The van der Waals surface area contributed by atoms with Crippen LogP contribution in [0.4, 0.5) is 0 Å². The predicted octanol–water partition coefficient (Wildman–Crippen LogP) is 3.13. The molecule has 104 valence electrons. The fourth-order valence-corrected chi connectivity index (χ4v) is 3.96. The minimum atomic E-state index is 0.371. The van der Waals surface area contributed by atoms with Gasteiger partial charge in [0.05, 0.1) is 0 Å². The van der Waals surface area contributed by atoms with E-state index in [0.29, 0.717) is 11.0 Å². The minimum absolute atomic E-state index is 0.371. The number of likely N-dealkylation sites (tertiary alicyclic amines) is 2. The van der Waals surface area contributed by atoms with Crippen LogP contribution < -0.4 is 0 Å². The van der Waals surface area contributed by atoms with Crippen LogP contribution in [-0.4, -0.2) is 47.6 Å². The standard InChI is InChI=1S/C16H30N2/c1-15(2,3)18-12-8-16(9-13-18)6-10-17(11-7-16)14-4-5-14/h14H,4-13H2,1-3H3. The van der Waals surface area contributed by atoms with Gasteiger partial charge in [-0.1, -0.05) is 0 Å². The van der Waals surface area contributed by atoms with Gasteiger partial charge in [0.1, 0.15) is 0 Å². The highest BCUT2D eigenvalue weighted by Crippen LogP contribution is 2.44. The Labute approximate surface area is 113 Å². The number of hydrogen-bond acceptors (Lipinski definition) is 2. The van der Waals surface area contributed by atoms with Gasteiger partial charge in [0.2, 0.25) is 0 Å². The van der Waals surface area contributed by atoms with E-state index in [1.54, 1.807) is 0 Å². The lowest BCUT2D eigenvalue weighted by Crippen LogP contribution is -2.52. The van der Waals surface area contributed by atoms with Crippen molar-refractivity contribution in [3.8, 4) is 0 Å². The van der Waals surface area contributed by atoms with Gasteiger partial charge in [-0.3, -0.25) is 4.90 Å². The predicted molar refractivity (Wildman–Crippen MR) is 76.8 cm³/mol. The maximum atomic E-state index is 2.77. The van der Waals surface area contributed by atoms with Crippen molar-refractivity contribution in [2.75, 3.05) is 26.2 Å². The van der Waals surface area contributed by atoms with Gasteiger partial charge in [-0.05, 0) is 90.9 Å². The molecule has 3 rings (SSSR count). The van der Waals surface area contributed by atoms with Crippen LogP contribution in [0.15, 0.2) is 0 Å². The average Bonchev–Trinajstić information content (AvgIpc) is 3.13. The van der Waals surface area contributed by atoms with Gasteiger partial charge in [0, 0.05) is 11.6 Å². The lowest BCUT2D eigenvalue weighted by Gasteiger charge is -2.50. The molecular formula is C16H30N2. The Balaban J connectivity index is 1.52. The second-order valence-electron chi connectivity index (χ2n) is 7.93. The smallest absolute Gasteiger partial charge is 0.0125 e.